The minimum atomic E-state index is -0.104. The molecule has 5 rings (SSSR count). The van der Waals surface area contributed by atoms with Gasteiger partial charge in [-0.2, -0.15) is 0 Å². The molecule has 1 fully saturated rings. The Balaban J connectivity index is 1.40. The van der Waals surface area contributed by atoms with Gasteiger partial charge in [-0.1, -0.05) is 48.0 Å². The van der Waals surface area contributed by atoms with E-state index < -0.39 is 0 Å². The van der Waals surface area contributed by atoms with Crippen molar-refractivity contribution in [3.8, 4) is 5.69 Å². The first-order valence-electron chi connectivity index (χ1n) is 11.9. The van der Waals surface area contributed by atoms with Crippen LogP contribution < -0.4 is 10.9 Å². The number of carbonyl (C=O) groups is 1. The van der Waals surface area contributed by atoms with Gasteiger partial charge in [-0.05, 0) is 50.2 Å². The summed E-state index contributed by atoms with van der Waals surface area (Å²) in [5.41, 5.74) is 3.36. The molecule has 1 N–H and O–H groups in total. The average Bonchev–Trinajstić information content (AvgIpc) is 2.89. The van der Waals surface area contributed by atoms with Gasteiger partial charge < -0.3 is 10.2 Å². The number of hydrogen-bond acceptors (Lipinski definition) is 4. The first-order chi connectivity index (χ1) is 17.0. The number of hydrogen-bond donors (Lipinski definition) is 1. The number of aromatic nitrogens is 2. The summed E-state index contributed by atoms with van der Waals surface area (Å²) in [6.07, 6.45) is 0. The van der Waals surface area contributed by atoms with E-state index in [0.717, 1.165) is 16.9 Å². The van der Waals surface area contributed by atoms with E-state index in [2.05, 4.69) is 17.1 Å². The molecule has 1 aliphatic heterocycles. The maximum atomic E-state index is 13.6. The number of urea groups is 1. The van der Waals surface area contributed by atoms with Crippen LogP contribution >= 0.6 is 0 Å². The van der Waals surface area contributed by atoms with Gasteiger partial charge in [0.2, 0.25) is 0 Å². The van der Waals surface area contributed by atoms with Gasteiger partial charge in [-0.15, -0.1) is 0 Å². The molecule has 0 radical (unpaired) electrons. The van der Waals surface area contributed by atoms with E-state index in [1.54, 1.807) is 4.57 Å². The first-order valence-corrected chi connectivity index (χ1v) is 11.9. The van der Waals surface area contributed by atoms with Gasteiger partial charge in [-0.3, -0.25) is 14.3 Å². The lowest BCUT2D eigenvalue weighted by atomic mass is 10.1. The predicted octanol–water partition coefficient (Wildman–Crippen LogP) is 4.60. The third-order valence-electron chi connectivity index (χ3n) is 6.64. The number of rotatable bonds is 4. The lowest BCUT2D eigenvalue weighted by molar-refractivity contribution is 0.115. The quantitative estimate of drug-likeness (QED) is 0.476. The lowest BCUT2D eigenvalue weighted by Gasteiger charge is -2.38. The van der Waals surface area contributed by atoms with Crippen molar-refractivity contribution in [1.29, 1.82) is 0 Å². The largest absolute Gasteiger partial charge is 0.322 e. The molecule has 0 saturated carbocycles. The highest BCUT2D eigenvalue weighted by molar-refractivity contribution is 5.89. The number of carbonyl (C=O) groups excluding carboxylic acids is 1. The van der Waals surface area contributed by atoms with E-state index in [0.29, 0.717) is 42.9 Å². The van der Waals surface area contributed by atoms with Crippen molar-refractivity contribution in [2.75, 3.05) is 31.5 Å². The first kappa shape index (κ1) is 22.8. The highest BCUT2D eigenvalue weighted by atomic mass is 16.2. The standard InChI is InChI=1S/C28H29N5O2/c1-20-12-14-23(15-13-20)33-26(30-25-11-7-6-10-24(25)27(33)34)21(2)31-16-18-32(19-17-31)28(35)29-22-8-4-3-5-9-22/h3-15,21H,16-19H2,1-2H3,(H,29,35). The number of fused-ring (bicyclic) bond motifs is 1. The predicted molar refractivity (Wildman–Crippen MR) is 139 cm³/mol. The number of anilines is 1. The molecule has 3 aromatic carbocycles. The van der Waals surface area contributed by atoms with E-state index in [9.17, 15) is 9.59 Å². The summed E-state index contributed by atoms with van der Waals surface area (Å²) in [5, 5.41) is 3.56. The summed E-state index contributed by atoms with van der Waals surface area (Å²) in [6, 6.07) is 24.7. The normalized spacial score (nSPS) is 15.2. The van der Waals surface area contributed by atoms with Gasteiger partial charge in [0, 0.05) is 31.9 Å². The van der Waals surface area contributed by atoms with E-state index in [4.69, 9.17) is 4.98 Å². The Bertz CT molecular complexity index is 1390. The Kier molecular flexibility index (Phi) is 6.33. The molecule has 2 amide bonds. The summed E-state index contributed by atoms with van der Waals surface area (Å²) in [4.78, 5) is 35.4. The van der Waals surface area contributed by atoms with Crippen molar-refractivity contribution < 1.29 is 4.79 Å². The number of nitrogens with zero attached hydrogens (tertiary/aromatic N) is 4. The molecule has 1 unspecified atom stereocenters. The van der Waals surface area contributed by atoms with Crippen molar-refractivity contribution >= 4 is 22.6 Å². The van der Waals surface area contributed by atoms with Gasteiger partial charge in [-0.25, -0.2) is 9.78 Å². The molecule has 1 atom stereocenters. The smallest absolute Gasteiger partial charge is 0.321 e. The van der Waals surface area contributed by atoms with Crippen molar-refractivity contribution in [2.24, 2.45) is 0 Å². The Morgan fingerprint density at radius 3 is 2.26 bits per heavy atom. The highest BCUT2D eigenvalue weighted by Crippen LogP contribution is 2.24. The Morgan fingerprint density at radius 1 is 0.886 bits per heavy atom. The van der Waals surface area contributed by atoms with Crippen molar-refractivity contribution in [3.63, 3.8) is 0 Å². The number of piperazine rings is 1. The van der Waals surface area contributed by atoms with Gasteiger partial charge >= 0.3 is 6.03 Å². The molecule has 7 nitrogen and oxygen atoms in total. The summed E-state index contributed by atoms with van der Waals surface area (Å²) >= 11 is 0. The number of benzene rings is 3. The monoisotopic (exact) mass is 467 g/mol. The van der Waals surface area contributed by atoms with Crippen LogP contribution in [0.5, 0.6) is 0 Å². The molecular weight excluding hydrogens is 438 g/mol. The van der Waals surface area contributed by atoms with E-state index in [1.165, 1.54) is 0 Å². The maximum Gasteiger partial charge on any atom is 0.321 e. The number of amides is 2. The Labute approximate surface area is 204 Å². The Morgan fingerprint density at radius 2 is 1.54 bits per heavy atom. The third-order valence-corrected chi connectivity index (χ3v) is 6.64. The zero-order valence-electron chi connectivity index (χ0n) is 20.0. The number of aryl methyl sites for hydroxylation is 1. The van der Waals surface area contributed by atoms with Gasteiger partial charge in [0.1, 0.15) is 5.82 Å². The topological polar surface area (TPSA) is 70.5 Å². The van der Waals surface area contributed by atoms with Crippen molar-refractivity contribution in [2.45, 2.75) is 19.9 Å². The molecular formula is C28H29N5O2. The van der Waals surface area contributed by atoms with Crippen LogP contribution in [0.15, 0.2) is 83.7 Å². The van der Waals surface area contributed by atoms with E-state index in [-0.39, 0.29) is 17.6 Å². The second kappa shape index (κ2) is 9.72. The molecule has 178 valence electrons. The second-order valence-electron chi connectivity index (χ2n) is 8.96. The zero-order valence-corrected chi connectivity index (χ0v) is 20.0. The molecule has 0 bridgehead atoms. The van der Waals surface area contributed by atoms with Crippen LogP contribution in [0.3, 0.4) is 0 Å². The highest BCUT2D eigenvalue weighted by Gasteiger charge is 2.28. The fourth-order valence-corrected chi connectivity index (χ4v) is 4.57. The molecule has 4 aromatic rings. The van der Waals surface area contributed by atoms with Crippen LogP contribution in [0.2, 0.25) is 0 Å². The minimum absolute atomic E-state index is 0.0674. The van der Waals surface area contributed by atoms with Crippen LogP contribution in [0, 0.1) is 6.92 Å². The maximum absolute atomic E-state index is 13.6. The fraction of sp³-hybridized carbons (Fsp3) is 0.250. The molecule has 2 heterocycles. The van der Waals surface area contributed by atoms with E-state index in [1.807, 2.05) is 90.7 Å². The SMILES string of the molecule is Cc1ccc(-n2c(C(C)N3CCN(C(=O)Nc4ccccc4)CC3)nc3ccccc3c2=O)cc1. The molecule has 1 aliphatic rings. The lowest BCUT2D eigenvalue weighted by Crippen LogP contribution is -2.51. The summed E-state index contributed by atoms with van der Waals surface area (Å²) in [7, 11) is 0. The van der Waals surface area contributed by atoms with E-state index >= 15 is 0 Å². The third kappa shape index (κ3) is 4.68. The molecule has 7 heteroatoms. The molecule has 0 aliphatic carbocycles. The summed E-state index contributed by atoms with van der Waals surface area (Å²) in [6.45, 7) is 6.71. The van der Waals surface area contributed by atoms with Gasteiger partial charge in [0.15, 0.2) is 0 Å². The minimum Gasteiger partial charge on any atom is -0.322 e. The van der Waals surface area contributed by atoms with Crippen LogP contribution in [-0.4, -0.2) is 51.6 Å². The fourth-order valence-electron chi connectivity index (χ4n) is 4.57. The van der Waals surface area contributed by atoms with Gasteiger partial charge in [0.25, 0.3) is 5.56 Å². The summed E-state index contributed by atoms with van der Waals surface area (Å²) in [5.74, 6) is 0.708. The van der Waals surface area contributed by atoms with Gasteiger partial charge in [0.05, 0.1) is 22.6 Å². The molecule has 1 saturated heterocycles. The van der Waals surface area contributed by atoms with Crippen LogP contribution in [0.1, 0.15) is 24.4 Å². The second-order valence-corrected chi connectivity index (χ2v) is 8.96. The number of para-hydroxylation sites is 2. The Hall–Kier alpha value is -3.97. The van der Waals surface area contributed by atoms with Crippen LogP contribution in [0.25, 0.3) is 16.6 Å². The zero-order chi connectivity index (χ0) is 24.4. The number of nitrogens with one attached hydrogen (secondary N) is 1. The molecule has 1 aromatic heterocycles. The average molecular weight is 468 g/mol. The van der Waals surface area contributed by atoms with Crippen molar-refractivity contribution in [3.05, 3.63) is 101 Å². The van der Waals surface area contributed by atoms with Crippen LogP contribution in [0.4, 0.5) is 10.5 Å². The molecule has 0 spiro atoms. The van der Waals surface area contributed by atoms with Crippen LogP contribution in [-0.2, 0) is 0 Å². The van der Waals surface area contributed by atoms with Crippen molar-refractivity contribution in [1.82, 2.24) is 19.4 Å². The molecule has 35 heavy (non-hydrogen) atoms. The summed E-state index contributed by atoms with van der Waals surface area (Å²) < 4.78 is 1.74.